The topological polar surface area (TPSA) is 95.9 Å². The Morgan fingerprint density at radius 3 is 2.96 bits per heavy atom. The number of cyclic esters (lactones) is 1. The summed E-state index contributed by atoms with van der Waals surface area (Å²) in [5.41, 5.74) is 0. The fourth-order valence-corrected chi connectivity index (χ4v) is 3.26. The van der Waals surface area contributed by atoms with Crippen molar-refractivity contribution in [2.45, 2.75) is 57.6 Å². The molecule has 0 saturated carbocycles. The van der Waals surface area contributed by atoms with Crippen LogP contribution in [0.5, 0.6) is 0 Å². The van der Waals surface area contributed by atoms with E-state index in [1.54, 1.807) is 11.8 Å². The Labute approximate surface area is 148 Å². The van der Waals surface area contributed by atoms with Crippen molar-refractivity contribution in [3.8, 4) is 0 Å². The van der Waals surface area contributed by atoms with E-state index in [1.165, 1.54) is 0 Å². The first-order chi connectivity index (χ1) is 12.0. The summed E-state index contributed by atoms with van der Waals surface area (Å²) in [5.74, 6) is -1.02. The maximum Gasteiger partial charge on any atom is 0.306 e. The van der Waals surface area contributed by atoms with Gasteiger partial charge in [0.2, 0.25) is 11.8 Å². The van der Waals surface area contributed by atoms with Gasteiger partial charge in [-0.3, -0.25) is 14.4 Å². The van der Waals surface area contributed by atoms with Crippen molar-refractivity contribution >= 4 is 17.8 Å². The van der Waals surface area contributed by atoms with Crippen LogP contribution >= 0.6 is 0 Å². The Hall–Kier alpha value is -1.89. The molecule has 0 aromatic carbocycles. The van der Waals surface area contributed by atoms with Crippen molar-refractivity contribution in [3.05, 3.63) is 12.2 Å². The minimum Gasteiger partial charge on any atom is -0.461 e. The largest absolute Gasteiger partial charge is 0.461 e. The number of esters is 1. The van der Waals surface area contributed by atoms with Crippen molar-refractivity contribution in [2.75, 3.05) is 19.7 Å². The summed E-state index contributed by atoms with van der Waals surface area (Å²) in [7, 11) is 0. The van der Waals surface area contributed by atoms with Crippen LogP contribution in [0, 0.1) is 5.92 Å². The van der Waals surface area contributed by atoms with Crippen molar-refractivity contribution in [3.63, 3.8) is 0 Å². The molecule has 2 amide bonds. The fourth-order valence-electron chi connectivity index (χ4n) is 3.26. The highest BCUT2D eigenvalue weighted by atomic mass is 16.5. The highest BCUT2D eigenvalue weighted by Gasteiger charge is 2.31. The van der Waals surface area contributed by atoms with Crippen molar-refractivity contribution in [1.29, 1.82) is 0 Å². The molecule has 25 heavy (non-hydrogen) atoms. The molecule has 0 aliphatic carbocycles. The standard InChI is InChI=1S/C18H28N2O5/c1-13-11-19-18(24)14(6-3-2-4-8-17(23)25-13)10-16(22)20-9-5-7-15(20)12-21/h2-3,13-15,21H,4-12H2,1H3,(H,19,24)/t13-,14+,15-/m0/s1. The van der Waals surface area contributed by atoms with E-state index in [2.05, 4.69) is 5.32 Å². The monoisotopic (exact) mass is 352 g/mol. The van der Waals surface area contributed by atoms with Gasteiger partial charge in [-0.15, -0.1) is 0 Å². The average Bonchev–Trinajstić information content (AvgIpc) is 3.06. The maximum atomic E-state index is 12.6. The molecule has 140 valence electrons. The molecule has 2 rings (SSSR count). The van der Waals surface area contributed by atoms with E-state index >= 15 is 0 Å². The lowest BCUT2D eigenvalue weighted by Gasteiger charge is -2.25. The van der Waals surface area contributed by atoms with E-state index in [4.69, 9.17) is 4.74 Å². The van der Waals surface area contributed by atoms with Gasteiger partial charge in [-0.1, -0.05) is 12.2 Å². The summed E-state index contributed by atoms with van der Waals surface area (Å²) < 4.78 is 5.21. The second-order valence-electron chi connectivity index (χ2n) is 6.76. The zero-order valence-electron chi connectivity index (χ0n) is 14.8. The van der Waals surface area contributed by atoms with Crippen LogP contribution in [0.3, 0.4) is 0 Å². The zero-order valence-corrected chi connectivity index (χ0v) is 14.8. The van der Waals surface area contributed by atoms with Crippen LogP contribution in [0.1, 0.15) is 45.4 Å². The molecule has 0 spiro atoms. The van der Waals surface area contributed by atoms with Gasteiger partial charge in [0.15, 0.2) is 0 Å². The highest BCUT2D eigenvalue weighted by molar-refractivity contribution is 5.86. The number of amides is 2. The molecule has 2 N–H and O–H groups in total. The van der Waals surface area contributed by atoms with E-state index < -0.39 is 12.0 Å². The summed E-state index contributed by atoms with van der Waals surface area (Å²) in [6.45, 7) is 2.57. The van der Waals surface area contributed by atoms with E-state index in [-0.39, 0.29) is 43.4 Å². The Kier molecular flexibility index (Phi) is 7.43. The molecule has 0 aromatic heterocycles. The van der Waals surface area contributed by atoms with E-state index in [0.29, 0.717) is 25.8 Å². The fraction of sp³-hybridized carbons (Fsp3) is 0.722. The third kappa shape index (κ3) is 5.85. The molecule has 0 bridgehead atoms. The molecule has 0 radical (unpaired) electrons. The van der Waals surface area contributed by atoms with Gasteiger partial charge in [0, 0.05) is 19.4 Å². The lowest BCUT2D eigenvalue weighted by molar-refractivity contribution is -0.148. The third-order valence-electron chi connectivity index (χ3n) is 4.70. The molecule has 2 heterocycles. The first kappa shape index (κ1) is 19.4. The van der Waals surface area contributed by atoms with Crippen LogP contribution in [0.2, 0.25) is 0 Å². The molecular weight excluding hydrogens is 324 g/mol. The number of hydrogen-bond acceptors (Lipinski definition) is 5. The summed E-state index contributed by atoms with van der Waals surface area (Å²) in [4.78, 5) is 38.3. The molecular formula is C18H28N2O5. The van der Waals surface area contributed by atoms with Crippen LogP contribution < -0.4 is 5.32 Å². The van der Waals surface area contributed by atoms with Gasteiger partial charge < -0.3 is 20.1 Å². The quantitative estimate of drug-likeness (QED) is 0.578. The Bertz CT molecular complexity index is 520. The van der Waals surface area contributed by atoms with E-state index in [1.807, 2.05) is 12.2 Å². The van der Waals surface area contributed by atoms with Gasteiger partial charge >= 0.3 is 5.97 Å². The number of aliphatic hydroxyl groups excluding tert-OH is 1. The molecule has 1 saturated heterocycles. The number of nitrogens with zero attached hydrogens (tertiary/aromatic N) is 1. The van der Waals surface area contributed by atoms with Crippen molar-refractivity contribution in [1.82, 2.24) is 10.2 Å². The van der Waals surface area contributed by atoms with Gasteiger partial charge in [0.1, 0.15) is 6.10 Å². The number of hydrogen-bond donors (Lipinski definition) is 2. The Morgan fingerprint density at radius 2 is 2.20 bits per heavy atom. The zero-order chi connectivity index (χ0) is 18.2. The highest BCUT2D eigenvalue weighted by Crippen LogP contribution is 2.21. The number of allylic oxidation sites excluding steroid dienone is 2. The first-order valence-corrected chi connectivity index (χ1v) is 9.03. The van der Waals surface area contributed by atoms with Crippen LogP contribution in [0.25, 0.3) is 0 Å². The van der Waals surface area contributed by atoms with Crippen molar-refractivity contribution < 1.29 is 24.2 Å². The second-order valence-corrected chi connectivity index (χ2v) is 6.76. The van der Waals surface area contributed by atoms with Crippen LogP contribution in [-0.4, -0.2) is 59.6 Å². The van der Waals surface area contributed by atoms with Crippen LogP contribution in [-0.2, 0) is 19.1 Å². The van der Waals surface area contributed by atoms with Gasteiger partial charge in [0.05, 0.1) is 25.1 Å². The van der Waals surface area contributed by atoms with Gasteiger partial charge in [0.25, 0.3) is 0 Å². The lowest BCUT2D eigenvalue weighted by Crippen LogP contribution is -2.42. The molecule has 2 aliphatic heterocycles. The minimum absolute atomic E-state index is 0.0363. The smallest absolute Gasteiger partial charge is 0.306 e. The van der Waals surface area contributed by atoms with Gasteiger partial charge in [-0.25, -0.2) is 0 Å². The number of likely N-dealkylation sites (tertiary alicyclic amines) is 1. The number of aliphatic hydroxyl groups is 1. The molecule has 2 aliphatic rings. The number of carbonyl (C=O) groups is 3. The van der Waals surface area contributed by atoms with Crippen LogP contribution in [0.15, 0.2) is 12.2 Å². The van der Waals surface area contributed by atoms with E-state index in [9.17, 15) is 19.5 Å². The van der Waals surface area contributed by atoms with Gasteiger partial charge in [-0.05, 0) is 32.6 Å². The number of rotatable bonds is 3. The number of ether oxygens (including phenoxy) is 1. The van der Waals surface area contributed by atoms with Crippen molar-refractivity contribution in [2.24, 2.45) is 5.92 Å². The molecule has 7 heteroatoms. The summed E-state index contributed by atoms with van der Waals surface area (Å²) in [5, 5.41) is 12.1. The molecule has 0 aromatic rings. The van der Waals surface area contributed by atoms with Crippen LogP contribution in [0.4, 0.5) is 0 Å². The molecule has 7 nitrogen and oxygen atoms in total. The first-order valence-electron chi connectivity index (χ1n) is 9.03. The Balaban J connectivity index is 2.00. The predicted molar refractivity (Wildman–Crippen MR) is 91.5 cm³/mol. The molecule has 0 unspecified atom stereocenters. The Morgan fingerprint density at radius 1 is 1.40 bits per heavy atom. The summed E-state index contributed by atoms with van der Waals surface area (Å²) in [6, 6.07) is -0.128. The normalized spacial score (nSPS) is 28.7. The van der Waals surface area contributed by atoms with Gasteiger partial charge in [-0.2, -0.15) is 0 Å². The second kappa shape index (κ2) is 9.56. The molecule has 1 fully saturated rings. The summed E-state index contributed by atoms with van der Waals surface area (Å²) in [6.07, 6.45) is 6.46. The van der Waals surface area contributed by atoms with E-state index in [0.717, 1.165) is 12.8 Å². The SMILES string of the molecule is C[C@H]1CNC(=O)[C@@H](CC(=O)N2CCC[C@H]2CO)CC=CCCC(=O)O1. The average molecular weight is 352 g/mol. The third-order valence-corrected chi connectivity index (χ3v) is 4.70. The maximum absolute atomic E-state index is 12.6. The molecule has 3 atom stereocenters. The summed E-state index contributed by atoms with van der Waals surface area (Å²) >= 11 is 0. The minimum atomic E-state index is -0.453. The lowest BCUT2D eigenvalue weighted by atomic mass is 9.98. The number of nitrogens with one attached hydrogen (secondary N) is 1. The predicted octanol–water partition coefficient (Wildman–Crippen LogP) is 0.764. The number of carbonyl (C=O) groups excluding carboxylic acids is 3.